The van der Waals surface area contributed by atoms with Gasteiger partial charge in [-0.15, -0.1) is 24.0 Å². The summed E-state index contributed by atoms with van der Waals surface area (Å²) in [4.78, 5) is 18.4. The minimum absolute atomic E-state index is 0. The predicted octanol–water partition coefficient (Wildman–Crippen LogP) is 3.14. The second-order valence-corrected chi connectivity index (χ2v) is 7.33. The Balaban J connectivity index is 0.00000338. The second kappa shape index (κ2) is 10.7. The van der Waals surface area contributed by atoms with Crippen molar-refractivity contribution in [3.8, 4) is 0 Å². The molecule has 6 heteroatoms. The lowest BCUT2D eigenvalue weighted by Crippen LogP contribution is -2.46. The Morgan fingerprint density at radius 2 is 1.92 bits per heavy atom. The van der Waals surface area contributed by atoms with Crippen molar-refractivity contribution in [2.24, 2.45) is 10.9 Å². The summed E-state index contributed by atoms with van der Waals surface area (Å²) in [5, 5.41) is 6.86. The maximum absolute atomic E-state index is 12.1. The van der Waals surface area contributed by atoms with Gasteiger partial charge >= 0.3 is 0 Å². The number of likely N-dealkylation sites (tertiary alicyclic amines) is 1. The lowest BCUT2D eigenvalue weighted by atomic mass is 10.0. The number of carbonyl (C=O) groups excluding carboxylic acids is 1. The van der Waals surface area contributed by atoms with Crippen molar-refractivity contribution < 1.29 is 4.79 Å². The fraction of sp³-hybridized carbons (Fsp3) is 0.600. The van der Waals surface area contributed by atoms with Gasteiger partial charge in [0.1, 0.15) is 0 Å². The molecule has 2 rings (SSSR count). The number of halogens is 1. The molecule has 1 aromatic carbocycles. The van der Waals surface area contributed by atoms with E-state index >= 15 is 0 Å². The van der Waals surface area contributed by atoms with Crippen LogP contribution in [-0.2, 0) is 4.79 Å². The number of hydrogen-bond acceptors (Lipinski definition) is 2. The number of amides is 1. The van der Waals surface area contributed by atoms with Crippen LogP contribution in [0.1, 0.15) is 44.2 Å². The first-order chi connectivity index (χ1) is 11.9. The minimum atomic E-state index is 0. The quantitative estimate of drug-likeness (QED) is 0.394. The van der Waals surface area contributed by atoms with Crippen LogP contribution in [-0.4, -0.2) is 49.5 Å². The highest BCUT2D eigenvalue weighted by atomic mass is 127. The Kier molecular flexibility index (Phi) is 9.39. The molecule has 0 spiro atoms. The molecule has 2 atom stereocenters. The van der Waals surface area contributed by atoms with Gasteiger partial charge < -0.3 is 15.5 Å². The van der Waals surface area contributed by atoms with Gasteiger partial charge in [0.05, 0.1) is 0 Å². The molecule has 0 bridgehead atoms. The van der Waals surface area contributed by atoms with E-state index in [1.807, 2.05) is 18.7 Å². The molecule has 2 N–H and O–H groups in total. The van der Waals surface area contributed by atoms with Crippen LogP contribution in [0.25, 0.3) is 0 Å². The summed E-state index contributed by atoms with van der Waals surface area (Å²) in [7, 11) is 1.79. The largest absolute Gasteiger partial charge is 0.356 e. The van der Waals surface area contributed by atoms with Crippen molar-refractivity contribution in [3.05, 3.63) is 35.4 Å². The average molecular weight is 472 g/mol. The summed E-state index contributed by atoms with van der Waals surface area (Å²) in [6, 6.07) is 8.94. The van der Waals surface area contributed by atoms with Crippen molar-refractivity contribution >= 4 is 35.8 Å². The lowest BCUT2D eigenvalue weighted by Gasteiger charge is -2.21. The minimum Gasteiger partial charge on any atom is -0.356 e. The van der Waals surface area contributed by atoms with Crippen LogP contribution in [0.15, 0.2) is 29.3 Å². The van der Waals surface area contributed by atoms with E-state index in [0.717, 1.165) is 32.0 Å². The number of nitrogens with zero attached hydrogens (tertiary/aromatic N) is 2. The molecule has 0 aromatic heterocycles. The van der Waals surface area contributed by atoms with E-state index < -0.39 is 0 Å². The standard InChI is InChI=1S/C20H32N4O.HI/c1-14(2)19(25)24-11-10-18(13-24)23-20(21-5)22-12-16(4)17-8-6-15(3)7-9-17;/h6-9,14,16,18H,10-13H2,1-5H3,(H2,21,22,23);1H. The van der Waals surface area contributed by atoms with Crippen molar-refractivity contribution in [3.63, 3.8) is 0 Å². The first-order valence-corrected chi connectivity index (χ1v) is 9.23. The van der Waals surface area contributed by atoms with E-state index in [1.165, 1.54) is 11.1 Å². The smallest absolute Gasteiger partial charge is 0.225 e. The van der Waals surface area contributed by atoms with Crippen molar-refractivity contribution in [1.82, 2.24) is 15.5 Å². The van der Waals surface area contributed by atoms with Crippen molar-refractivity contribution in [2.75, 3.05) is 26.7 Å². The zero-order valence-corrected chi connectivity index (χ0v) is 18.9. The molecule has 1 aliphatic heterocycles. The van der Waals surface area contributed by atoms with Crippen LogP contribution in [0.4, 0.5) is 0 Å². The van der Waals surface area contributed by atoms with Crippen LogP contribution in [0.2, 0.25) is 0 Å². The highest BCUT2D eigenvalue weighted by Gasteiger charge is 2.27. The summed E-state index contributed by atoms with van der Waals surface area (Å²) < 4.78 is 0. The number of hydrogen-bond donors (Lipinski definition) is 2. The summed E-state index contributed by atoms with van der Waals surface area (Å²) in [6.07, 6.45) is 0.965. The Morgan fingerprint density at radius 3 is 2.50 bits per heavy atom. The molecule has 26 heavy (non-hydrogen) atoms. The Hall–Kier alpha value is -1.31. The van der Waals surface area contributed by atoms with Gasteiger partial charge in [-0.2, -0.15) is 0 Å². The van der Waals surface area contributed by atoms with Crippen LogP contribution < -0.4 is 10.6 Å². The number of carbonyl (C=O) groups is 1. The molecule has 1 aliphatic rings. The number of rotatable bonds is 5. The highest BCUT2D eigenvalue weighted by Crippen LogP contribution is 2.15. The molecule has 5 nitrogen and oxygen atoms in total. The van der Waals surface area contributed by atoms with Crippen LogP contribution in [0.3, 0.4) is 0 Å². The van der Waals surface area contributed by atoms with Gasteiger partial charge in [0.25, 0.3) is 0 Å². The summed E-state index contributed by atoms with van der Waals surface area (Å²) in [6.45, 7) is 10.6. The zero-order valence-electron chi connectivity index (χ0n) is 16.6. The summed E-state index contributed by atoms with van der Waals surface area (Å²) >= 11 is 0. The normalized spacial score (nSPS) is 18.5. The van der Waals surface area contributed by atoms with Gasteiger partial charge in [-0.25, -0.2) is 0 Å². The maximum Gasteiger partial charge on any atom is 0.225 e. The molecule has 0 saturated carbocycles. The Labute approximate surface area is 175 Å². The maximum atomic E-state index is 12.1. The molecule has 146 valence electrons. The fourth-order valence-electron chi connectivity index (χ4n) is 3.09. The van der Waals surface area contributed by atoms with E-state index in [2.05, 4.69) is 53.7 Å². The molecule has 1 aromatic rings. The van der Waals surface area contributed by atoms with Crippen molar-refractivity contribution in [2.45, 2.75) is 46.1 Å². The van der Waals surface area contributed by atoms with Gasteiger partial charge in [-0.1, -0.05) is 50.6 Å². The topological polar surface area (TPSA) is 56.7 Å². The number of guanidine groups is 1. The van der Waals surface area contributed by atoms with Gasteiger partial charge in [0.15, 0.2) is 5.96 Å². The SMILES string of the molecule is CN=C(NCC(C)c1ccc(C)cc1)NC1CCN(C(=O)C(C)C)C1.I. The molecular formula is C20H33IN4O. The molecule has 1 heterocycles. The predicted molar refractivity (Wildman–Crippen MR) is 119 cm³/mol. The van der Waals surface area contributed by atoms with Gasteiger partial charge in [0.2, 0.25) is 5.91 Å². The third kappa shape index (κ3) is 6.45. The van der Waals surface area contributed by atoms with E-state index in [4.69, 9.17) is 0 Å². The van der Waals surface area contributed by atoms with E-state index in [0.29, 0.717) is 5.92 Å². The first-order valence-electron chi connectivity index (χ1n) is 9.23. The van der Waals surface area contributed by atoms with Gasteiger partial charge in [0, 0.05) is 38.6 Å². The molecule has 1 amide bonds. The van der Waals surface area contributed by atoms with E-state index in [-0.39, 0.29) is 41.8 Å². The van der Waals surface area contributed by atoms with Gasteiger partial charge in [-0.3, -0.25) is 9.79 Å². The van der Waals surface area contributed by atoms with Gasteiger partial charge in [-0.05, 0) is 24.8 Å². The second-order valence-electron chi connectivity index (χ2n) is 7.33. The van der Waals surface area contributed by atoms with E-state index in [1.54, 1.807) is 7.05 Å². The van der Waals surface area contributed by atoms with Crippen LogP contribution in [0.5, 0.6) is 0 Å². The molecular weight excluding hydrogens is 439 g/mol. The summed E-state index contributed by atoms with van der Waals surface area (Å²) in [5.74, 6) is 1.51. The number of aryl methyl sites for hydroxylation is 1. The molecule has 0 aliphatic carbocycles. The zero-order chi connectivity index (χ0) is 18.4. The Morgan fingerprint density at radius 1 is 1.27 bits per heavy atom. The molecule has 1 fully saturated rings. The van der Waals surface area contributed by atoms with Crippen LogP contribution in [0, 0.1) is 12.8 Å². The average Bonchev–Trinajstić information content (AvgIpc) is 3.06. The highest BCUT2D eigenvalue weighted by molar-refractivity contribution is 14.0. The fourth-order valence-corrected chi connectivity index (χ4v) is 3.09. The first kappa shape index (κ1) is 22.7. The third-order valence-corrected chi connectivity index (χ3v) is 4.78. The molecule has 2 unspecified atom stereocenters. The van der Waals surface area contributed by atoms with Crippen LogP contribution >= 0.6 is 24.0 Å². The van der Waals surface area contributed by atoms with Crippen molar-refractivity contribution in [1.29, 1.82) is 0 Å². The number of aliphatic imine (C=N–C) groups is 1. The lowest BCUT2D eigenvalue weighted by molar-refractivity contribution is -0.133. The number of benzene rings is 1. The Bertz CT molecular complexity index is 600. The monoisotopic (exact) mass is 472 g/mol. The van der Waals surface area contributed by atoms with E-state index in [9.17, 15) is 4.79 Å². The number of nitrogens with one attached hydrogen (secondary N) is 2. The third-order valence-electron chi connectivity index (χ3n) is 4.78. The molecule has 0 radical (unpaired) electrons. The summed E-state index contributed by atoms with van der Waals surface area (Å²) in [5.41, 5.74) is 2.60. The molecule has 1 saturated heterocycles.